The molecule has 1 amide bonds. The van der Waals surface area contributed by atoms with Gasteiger partial charge in [0.15, 0.2) is 0 Å². The van der Waals surface area contributed by atoms with Crippen LogP contribution in [0.4, 0.5) is 5.69 Å². The van der Waals surface area contributed by atoms with Crippen molar-refractivity contribution in [1.29, 1.82) is 0 Å². The van der Waals surface area contributed by atoms with E-state index in [1.807, 2.05) is 6.92 Å². The SMILES string of the molecule is CCn1cc([N+](=O)[O-])cc1C(=O)N(CCO)C1CCC1. The minimum Gasteiger partial charge on any atom is -0.395 e. The topological polar surface area (TPSA) is 88.6 Å². The Balaban J connectivity index is 2.27. The summed E-state index contributed by atoms with van der Waals surface area (Å²) in [5.74, 6) is -0.237. The molecular formula is C13H19N3O4. The highest BCUT2D eigenvalue weighted by molar-refractivity contribution is 5.94. The molecule has 0 spiro atoms. The van der Waals surface area contributed by atoms with Crippen LogP contribution in [0.3, 0.4) is 0 Å². The van der Waals surface area contributed by atoms with Crippen LogP contribution in [0.2, 0.25) is 0 Å². The average Bonchev–Trinajstić information content (AvgIpc) is 2.79. The van der Waals surface area contributed by atoms with Crippen molar-refractivity contribution in [2.24, 2.45) is 0 Å². The molecule has 1 aliphatic carbocycles. The van der Waals surface area contributed by atoms with Crippen LogP contribution >= 0.6 is 0 Å². The zero-order chi connectivity index (χ0) is 14.7. The van der Waals surface area contributed by atoms with Crippen molar-refractivity contribution in [2.45, 2.75) is 38.8 Å². The average molecular weight is 281 g/mol. The molecule has 7 nitrogen and oxygen atoms in total. The van der Waals surface area contributed by atoms with Gasteiger partial charge >= 0.3 is 0 Å². The highest BCUT2D eigenvalue weighted by Crippen LogP contribution is 2.27. The number of hydrogen-bond donors (Lipinski definition) is 1. The van der Waals surface area contributed by atoms with E-state index in [2.05, 4.69) is 0 Å². The maximum Gasteiger partial charge on any atom is 0.287 e. The Morgan fingerprint density at radius 1 is 1.60 bits per heavy atom. The van der Waals surface area contributed by atoms with Gasteiger partial charge in [-0.25, -0.2) is 0 Å². The summed E-state index contributed by atoms with van der Waals surface area (Å²) >= 11 is 0. The van der Waals surface area contributed by atoms with E-state index < -0.39 is 4.92 Å². The molecule has 0 aromatic carbocycles. The number of aliphatic hydroxyl groups is 1. The Hall–Kier alpha value is -1.89. The number of aliphatic hydroxyl groups excluding tert-OH is 1. The van der Waals surface area contributed by atoms with Gasteiger partial charge in [0.05, 0.1) is 17.7 Å². The van der Waals surface area contributed by atoms with Gasteiger partial charge in [-0.15, -0.1) is 0 Å². The fourth-order valence-corrected chi connectivity index (χ4v) is 2.44. The zero-order valence-corrected chi connectivity index (χ0v) is 11.5. The van der Waals surface area contributed by atoms with Crippen molar-refractivity contribution in [3.8, 4) is 0 Å². The lowest BCUT2D eigenvalue weighted by Gasteiger charge is -2.37. The summed E-state index contributed by atoms with van der Waals surface area (Å²) in [5, 5.41) is 19.9. The maximum absolute atomic E-state index is 12.6. The highest BCUT2D eigenvalue weighted by Gasteiger charge is 2.31. The van der Waals surface area contributed by atoms with E-state index in [9.17, 15) is 14.9 Å². The Labute approximate surface area is 116 Å². The second kappa shape index (κ2) is 6.04. The number of nitrogens with zero attached hydrogens (tertiary/aromatic N) is 3. The van der Waals surface area contributed by atoms with Crippen LogP contribution in [-0.2, 0) is 6.54 Å². The van der Waals surface area contributed by atoms with E-state index >= 15 is 0 Å². The molecule has 7 heteroatoms. The number of aromatic nitrogens is 1. The highest BCUT2D eigenvalue weighted by atomic mass is 16.6. The lowest BCUT2D eigenvalue weighted by atomic mass is 9.91. The van der Waals surface area contributed by atoms with Gasteiger partial charge < -0.3 is 14.6 Å². The molecule has 20 heavy (non-hydrogen) atoms. The summed E-state index contributed by atoms with van der Waals surface area (Å²) in [4.78, 5) is 24.5. The minimum absolute atomic E-state index is 0.0762. The second-order valence-electron chi connectivity index (χ2n) is 4.93. The quantitative estimate of drug-likeness (QED) is 0.630. The monoisotopic (exact) mass is 281 g/mol. The Morgan fingerprint density at radius 2 is 2.30 bits per heavy atom. The number of aryl methyl sites for hydroxylation is 1. The molecule has 1 N–H and O–H groups in total. The summed E-state index contributed by atoms with van der Waals surface area (Å²) in [6.07, 6.45) is 4.32. The van der Waals surface area contributed by atoms with Crippen LogP contribution in [0.25, 0.3) is 0 Å². The Kier molecular flexibility index (Phi) is 4.39. The number of carbonyl (C=O) groups excluding carboxylic acids is 1. The van der Waals surface area contributed by atoms with Gasteiger partial charge in [-0.3, -0.25) is 14.9 Å². The molecule has 0 atom stereocenters. The minimum atomic E-state index is -0.497. The summed E-state index contributed by atoms with van der Waals surface area (Å²) in [5.41, 5.74) is 0.243. The number of nitro groups is 1. The predicted molar refractivity (Wildman–Crippen MR) is 72.5 cm³/mol. The van der Waals surface area contributed by atoms with E-state index in [0.717, 1.165) is 19.3 Å². The largest absolute Gasteiger partial charge is 0.395 e. The first-order valence-corrected chi connectivity index (χ1v) is 6.84. The maximum atomic E-state index is 12.6. The van der Waals surface area contributed by atoms with Gasteiger partial charge in [0.25, 0.3) is 11.6 Å². The van der Waals surface area contributed by atoms with E-state index in [0.29, 0.717) is 12.2 Å². The van der Waals surface area contributed by atoms with E-state index in [1.165, 1.54) is 12.3 Å². The van der Waals surface area contributed by atoms with Gasteiger partial charge in [-0.2, -0.15) is 0 Å². The third kappa shape index (κ3) is 2.67. The van der Waals surface area contributed by atoms with Gasteiger partial charge in [0.2, 0.25) is 0 Å². The van der Waals surface area contributed by atoms with Gasteiger partial charge in [0.1, 0.15) is 5.69 Å². The van der Waals surface area contributed by atoms with Crippen molar-refractivity contribution in [3.63, 3.8) is 0 Å². The Bertz CT molecular complexity index is 508. The summed E-state index contributed by atoms with van der Waals surface area (Å²) in [6.45, 7) is 2.50. The van der Waals surface area contributed by atoms with Crippen molar-refractivity contribution < 1.29 is 14.8 Å². The number of amides is 1. The standard InChI is InChI=1S/C13H19N3O4/c1-2-14-9-11(16(19)20)8-12(14)13(18)15(6-7-17)10-4-3-5-10/h8-10,17H,2-7H2,1H3. The third-order valence-electron chi connectivity index (χ3n) is 3.77. The van der Waals surface area contributed by atoms with Crippen molar-refractivity contribution >= 4 is 11.6 Å². The van der Waals surface area contributed by atoms with Crippen molar-refractivity contribution in [2.75, 3.05) is 13.2 Å². The van der Waals surface area contributed by atoms with Crippen LogP contribution in [-0.4, -0.2) is 44.6 Å². The molecule has 1 aromatic rings. The fraction of sp³-hybridized carbons (Fsp3) is 0.615. The fourth-order valence-electron chi connectivity index (χ4n) is 2.44. The van der Waals surface area contributed by atoms with Crippen molar-refractivity contribution in [1.82, 2.24) is 9.47 Å². The van der Waals surface area contributed by atoms with Crippen LogP contribution in [0.1, 0.15) is 36.7 Å². The number of carbonyl (C=O) groups is 1. The van der Waals surface area contributed by atoms with Crippen LogP contribution in [0, 0.1) is 10.1 Å². The summed E-state index contributed by atoms with van der Waals surface area (Å²) in [7, 11) is 0. The number of rotatable bonds is 6. The molecule has 2 rings (SSSR count). The molecule has 1 saturated carbocycles. The van der Waals surface area contributed by atoms with E-state index in [4.69, 9.17) is 5.11 Å². The smallest absolute Gasteiger partial charge is 0.287 e. The van der Waals surface area contributed by atoms with Gasteiger partial charge in [0, 0.05) is 25.2 Å². The molecule has 0 aliphatic heterocycles. The van der Waals surface area contributed by atoms with Crippen LogP contribution in [0.15, 0.2) is 12.3 Å². The third-order valence-corrected chi connectivity index (χ3v) is 3.77. The summed E-state index contributed by atoms with van der Waals surface area (Å²) < 4.78 is 1.59. The molecule has 1 aliphatic rings. The van der Waals surface area contributed by atoms with E-state index in [-0.39, 0.29) is 30.8 Å². The van der Waals surface area contributed by atoms with Crippen LogP contribution in [0.5, 0.6) is 0 Å². The molecule has 110 valence electrons. The Morgan fingerprint density at radius 3 is 2.75 bits per heavy atom. The lowest BCUT2D eigenvalue weighted by molar-refractivity contribution is -0.384. The molecule has 1 fully saturated rings. The van der Waals surface area contributed by atoms with Gasteiger partial charge in [-0.1, -0.05) is 0 Å². The van der Waals surface area contributed by atoms with Crippen LogP contribution < -0.4 is 0 Å². The zero-order valence-electron chi connectivity index (χ0n) is 11.5. The molecule has 1 aromatic heterocycles. The molecular weight excluding hydrogens is 262 g/mol. The first-order valence-electron chi connectivity index (χ1n) is 6.84. The molecule has 0 unspecified atom stereocenters. The molecule has 0 bridgehead atoms. The first-order chi connectivity index (χ1) is 9.58. The molecule has 1 heterocycles. The molecule has 0 radical (unpaired) electrons. The van der Waals surface area contributed by atoms with E-state index in [1.54, 1.807) is 9.47 Å². The van der Waals surface area contributed by atoms with Crippen molar-refractivity contribution in [3.05, 3.63) is 28.1 Å². The predicted octanol–water partition coefficient (Wildman–Crippen LogP) is 1.40. The van der Waals surface area contributed by atoms with Gasteiger partial charge in [-0.05, 0) is 26.2 Å². The normalized spacial score (nSPS) is 14.9. The second-order valence-corrected chi connectivity index (χ2v) is 4.93. The summed E-state index contributed by atoms with van der Waals surface area (Å²) in [6, 6.07) is 1.46. The number of hydrogen-bond acceptors (Lipinski definition) is 4. The molecule has 0 saturated heterocycles. The first kappa shape index (κ1) is 14.5. The lowest BCUT2D eigenvalue weighted by Crippen LogP contribution is -2.46.